The Morgan fingerprint density at radius 3 is 2.59 bits per heavy atom. The van der Waals surface area contributed by atoms with E-state index >= 15 is 0 Å². The predicted molar refractivity (Wildman–Crippen MR) is 67.5 cm³/mol. The minimum absolute atomic E-state index is 0.233. The van der Waals surface area contributed by atoms with Crippen LogP contribution in [0.3, 0.4) is 0 Å². The molecule has 0 heterocycles. The number of carbonyl (C=O) groups is 1. The molecule has 0 saturated carbocycles. The minimum atomic E-state index is -0.693. The topological polar surface area (TPSA) is 55.1 Å². The molecule has 1 aromatic rings. The molecule has 1 atom stereocenters. The Hall–Kier alpha value is -1.13. The summed E-state index contributed by atoms with van der Waals surface area (Å²) < 4.78 is 13.0. The second kappa shape index (κ2) is 5.02. The van der Waals surface area contributed by atoms with E-state index in [4.69, 9.17) is 17.3 Å². The van der Waals surface area contributed by atoms with E-state index in [0.29, 0.717) is 0 Å². The highest BCUT2D eigenvalue weighted by Crippen LogP contribution is 2.24. The molecule has 1 aromatic carbocycles. The van der Waals surface area contributed by atoms with Gasteiger partial charge in [-0.25, -0.2) is 4.39 Å². The molecule has 1 rings (SSSR count). The highest BCUT2D eigenvalue weighted by atomic mass is 35.5. The van der Waals surface area contributed by atoms with Crippen molar-refractivity contribution in [3.8, 4) is 0 Å². The number of benzene rings is 1. The van der Waals surface area contributed by atoms with Crippen molar-refractivity contribution in [3.63, 3.8) is 0 Å². The summed E-state index contributed by atoms with van der Waals surface area (Å²) in [6.07, 6.45) is 0. The number of amides is 1. The van der Waals surface area contributed by atoms with Gasteiger partial charge in [-0.2, -0.15) is 0 Å². The van der Waals surface area contributed by atoms with Crippen molar-refractivity contribution < 1.29 is 9.18 Å². The molecule has 0 radical (unpaired) electrons. The monoisotopic (exact) mass is 258 g/mol. The van der Waals surface area contributed by atoms with Gasteiger partial charge in [-0.05, 0) is 23.6 Å². The maximum absolute atomic E-state index is 13.0. The van der Waals surface area contributed by atoms with E-state index in [2.05, 4.69) is 5.32 Å². The number of nitrogens with one attached hydrogen (secondary N) is 1. The van der Waals surface area contributed by atoms with Crippen LogP contribution in [-0.4, -0.2) is 11.9 Å². The van der Waals surface area contributed by atoms with Crippen LogP contribution in [0.4, 0.5) is 10.1 Å². The number of carbonyl (C=O) groups excluding carboxylic acids is 1. The maximum Gasteiger partial charge on any atom is 0.241 e. The van der Waals surface area contributed by atoms with Crippen LogP contribution in [0.1, 0.15) is 20.8 Å². The second-order valence-corrected chi connectivity index (χ2v) is 5.36. The first-order valence-corrected chi connectivity index (χ1v) is 5.61. The van der Waals surface area contributed by atoms with Crippen LogP contribution in [0.25, 0.3) is 0 Å². The van der Waals surface area contributed by atoms with Gasteiger partial charge in [-0.1, -0.05) is 32.4 Å². The van der Waals surface area contributed by atoms with E-state index in [1.807, 2.05) is 20.8 Å². The summed E-state index contributed by atoms with van der Waals surface area (Å²) in [5, 5.41) is 2.80. The summed E-state index contributed by atoms with van der Waals surface area (Å²) in [6.45, 7) is 5.55. The average Bonchev–Trinajstić information content (AvgIpc) is 2.21. The number of hydrogen-bond acceptors (Lipinski definition) is 2. The van der Waals surface area contributed by atoms with Crippen LogP contribution in [0.5, 0.6) is 0 Å². The van der Waals surface area contributed by atoms with Crippen LogP contribution in [-0.2, 0) is 4.79 Å². The lowest BCUT2D eigenvalue weighted by atomic mass is 9.87. The van der Waals surface area contributed by atoms with Crippen LogP contribution in [0.15, 0.2) is 18.2 Å². The van der Waals surface area contributed by atoms with Crippen molar-refractivity contribution in [2.24, 2.45) is 11.1 Å². The fourth-order valence-corrected chi connectivity index (χ4v) is 1.36. The molecule has 0 unspecified atom stereocenters. The Morgan fingerprint density at radius 1 is 1.47 bits per heavy atom. The van der Waals surface area contributed by atoms with Crippen molar-refractivity contribution in [3.05, 3.63) is 29.0 Å². The van der Waals surface area contributed by atoms with Crippen molar-refractivity contribution >= 4 is 23.2 Å². The standard InChI is InChI=1S/C12H16ClFN2O/c1-12(2,3)10(15)11(17)16-9-6-7(14)4-5-8(9)13/h4-6,10H,15H2,1-3H3,(H,16,17)/t10-/m1/s1. The summed E-state index contributed by atoms with van der Waals surface area (Å²) in [4.78, 5) is 11.8. The van der Waals surface area contributed by atoms with Crippen LogP contribution in [0, 0.1) is 11.2 Å². The van der Waals surface area contributed by atoms with Crippen LogP contribution in [0.2, 0.25) is 5.02 Å². The Kier molecular flexibility index (Phi) is 4.11. The van der Waals surface area contributed by atoms with Crippen LogP contribution < -0.4 is 11.1 Å². The highest BCUT2D eigenvalue weighted by molar-refractivity contribution is 6.33. The minimum Gasteiger partial charge on any atom is -0.323 e. The Labute approximate surface area is 105 Å². The third kappa shape index (κ3) is 3.68. The fourth-order valence-electron chi connectivity index (χ4n) is 1.20. The number of hydrogen-bond donors (Lipinski definition) is 2. The van der Waals surface area contributed by atoms with Gasteiger partial charge >= 0.3 is 0 Å². The number of anilines is 1. The van der Waals surface area contributed by atoms with E-state index in [1.54, 1.807) is 0 Å². The van der Waals surface area contributed by atoms with Crippen molar-refractivity contribution in [2.45, 2.75) is 26.8 Å². The van der Waals surface area contributed by atoms with Gasteiger partial charge in [-0.15, -0.1) is 0 Å². The van der Waals surface area contributed by atoms with Crippen LogP contribution >= 0.6 is 11.6 Å². The highest BCUT2D eigenvalue weighted by Gasteiger charge is 2.27. The summed E-state index contributed by atoms with van der Waals surface area (Å²) in [7, 11) is 0. The molecule has 0 aromatic heterocycles. The number of nitrogens with two attached hydrogens (primary N) is 1. The van der Waals surface area contributed by atoms with Crippen molar-refractivity contribution in [1.82, 2.24) is 0 Å². The van der Waals surface area contributed by atoms with E-state index in [0.717, 1.165) is 6.07 Å². The molecule has 0 bridgehead atoms. The summed E-state index contributed by atoms with van der Waals surface area (Å²) in [5.74, 6) is -0.848. The maximum atomic E-state index is 13.0. The quantitative estimate of drug-likeness (QED) is 0.857. The summed E-state index contributed by atoms with van der Waals surface area (Å²) >= 11 is 5.84. The zero-order chi connectivity index (χ0) is 13.2. The van der Waals surface area contributed by atoms with Gasteiger partial charge < -0.3 is 11.1 Å². The first-order chi connectivity index (χ1) is 7.71. The summed E-state index contributed by atoms with van der Waals surface area (Å²) in [6, 6.07) is 3.08. The van der Waals surface area contributed by atoms with Gasteiger partial charge in [0.15, 0.2) is 0 Å². The molecular formula is C12H16ClFN2O. The zero-order valence-electron chi connectivity index (χ0n) is 10.1. The molecule has 5 heteroatoms. The normalized spacial score (nSPS) is 13.3. The van der Waals surface area contributed by atoms with E-state index in [-0.39, 0.29) is 22.0 Å². The molecule has 1 amide bonds. The molecule has 3 N–H and O–H groups in total. The molecule has 0 aliphatic heterocycles. The average molecular weight is 259 g/mol. The Bertz CT molecular complexity index is 429. The number of rotatable bonds is 2. The number of halogens is 2. The van der Waals surface area contributed by atoms with Crippen molar-refractivity contribution in [1.29, 1.82) is 0 Å². The van der Waals surface area contributed by atoms with Gasteiger partial charge in [-0.3, -0.25) is 4.79 Å². The molecule has 0 fully saturated rings. The second-order valence-electron chi connectivity index (χ2n) is 4.96. The smallest absolute Gasteiger partial charge is 0.241 e. The van der Waals surface area contributed by atoms with Gasteiger partial charge in [0.1, 0.15) is 5.82 Å². The SMILES string of the molecule is CC(C)(C)[C@H](N)C(=O)Nc1cc(F)ccc1Cl. The van der Waals surface area contributed by atoms with E-state index in [9.17, 15) is 9.18 Å². The molecule has 0 saturated heterocycles. The summed E-state index contributed by atoms with van der Waals surface area (Å²) in [5.41, 5.74) is 5.64. The van der Waals surface area contributed by atoms with Gasteiger partial charge in [0.2, 0.25) is 5.91 Å². The van der Waals surface area contributed by atoms with Gasteiger partial charge in [0, 0.05) is 0 Å². The predicted octanol–water partition coefficient (Wildman–Crippen LogP) is 2.79. The van der Waals surface area contributed by atoms with Gasteiger partial charge in [0.25, 0.3) is 0 Å². The third-order valence-electron chi connectivity index (χ3n) is 2.40. The lowest BCUT2D eigenvalue weighted by Gasteiger charge is -2.25. The molecule has 3 nitrogen and oxygen atoms in total. The lowest BCUT2D eigenvalue weighted by molar-refractivity contribution is -0.119. The first kappa shape index (κ1) is 13.9. The fraction of sp³-hybridized carbons (Fsp3) is 0.417. The molecule has 94 valence electrons. The third-order valence-corrected chi connectivity index (χ3v) is 2.73. The molecular weight excluding hydrogens is 243 g/mol. The Morgan fingerprint density at radius 2 is 2.06 bits per heavy atom. The van der Waals surface area contributed by atoms with E-state index in [1.165, 1.54) is 12.1 Å². The Balaban J connectivity index is 2.85. The largest absolute Gasteiger partial charge is 0.323 e. The van der Waals surface area contributed by atoms with Crippen molar-refractivity contribution in [2.75, 3.05) is 5.32 Å². The molecule has 0 aliphatic rings. The van der Waals surface area contributed by atoms with Gasteiger partial charge in [0.05, 0.1) is 16.8 Å². The molecule has 0 spiro atoms. The zero-order valence-corrected chi connectivity index (χ0v) is 10.8. The molecule has 17 heavy (non-hydrogen) atoms. The first-order valence-electron chi connectivity index (χ1n) is 5.23. The lowest BCUT2D eigenvalue weighted by Crippen LogP contribution is -2.45. The van der Waals surface area contributed by atoms with E-state index < -0.39 is 11.9 Å². The molecule has 0 aliphatic carbocycles.